The van der Waals surface area contributed by atoms with Crippen molar-refractivity contribution in [2.75, 3.05) is 11.1 Å². The van der Waals surface area contributed by atoms with Crippen LogP contribution in [0.4, 0.5) is 5.82 Å². The molecule has 1 aliphatic heterocycles. The van der Waals surface area contributed by atoms with Crippen LogP contribution in [0, 0.1) is 16.7 Å². The Labute approximate surface area is 124 Å². The first-order valence-electron chi connectivity index (χ1n) is 5.72. The Morgan fingerprint density at radius 1 is 1.63 bits per heavy atom. The number of nitriles is 1. The Morgan fingerprint density at radius 3 is 2.89 bits per heavy atom. The van der Waals surface area contributed by atoms with Crippen molar-refractivity contribution in [2.45, 2.75) is 29.4 Å². The average Bonchev–Trinajstić information content (AvgIpc) is 2.71. The van der Waals surface area contributed by atoms with Crippen LogP contribution in [-0.2, 0) is 11.3 Å². The summed E-state index contributed by atoms with van der Waals surface area (Å²) in [6, 6.07) is 2.08. The average molecular weight is 317 g/mol. The third-order valence-corrected chi connectivity index (χ3v) is 5.63. The summed E-state index contributed by atoms with van der Waals surface area (Å²) in [5.41, 5.74) is -0.434. The molecule has 0 aromatic carbocycles. The van der Waals surface area contributed by atoms with Gasteiger partial charge in [-0.15, -0.1) is 23.2 Å². The number of carbonyl (C=O) groups is 1. The molecule has 2 heterocycles. The fraction of sp³-hybridized carbons (Fsp3) is 0.545. The molecule has 1 fully saturated rings. The van der Waals surface area contributed by atoms with E-state index in [2.05, 4.69) is 16.4 Å². The number of rotatable bonds is 2. The Bertz CT molecular complexity index is 621. The summed E-state index contributed by atoms with van der Waals surface area (Å²) in [4.78, 5) is 16.4. The summed E-state index contributed by atoms with van der Waals surface area (Å²) >= 11 is 13.5. The maximum atomic E-state index is 12.2. The van der Waals surface area contributed by atoms with E-state index in [9.17, 15) is 10.1 Å². The van der Waals surface area contributed by atoms with Gasteiger partial charge in [-0.05, 0) is 13.3 Å². The number of alkyl halides is 2. The lowest BCUT2D eigenvalue weighted by atomic mass is 10.1. The van der Waals surface area contributed by atoms with Gasteiger partial charge in [-0.1, -0.05) is 11.8 Å². The van der Waals surface area contributed by atoms with Crippen LogP contribution in [0.1, 0.15) is 19.0 Å². The van der Waals surface area contributed by atoms with Gasteiger partial charge in [-0.3, -0.25) is 4.79 Å². The molecule has 0 radical (unpaired) electrons. The summed E-state index contributed by atoms with van der Waals surface area (Å²) in [5, 5.41) is 12.6. The summed E-state index contributed by atoms with van der Waals surface area (Å²) in [5.74, 6) is 0.901. The maximum Gasteiger partial charge on any atom is 0.234 e. The molecule has 5 nitrogen and oxygen atoms in total. The van der Waals surface area contributed by atoms with Gasteiger partial charge in [0.15, 0.2) is 16.7 Å². The molecule has 1 aromatic rings. The summed E-state index contributed by atoms with van der Waals surface area (Å²) in [6.07, 6.45) is 0.402. The smallest absolute Gasteiger partial charge is 0.234 e. The lowest BCUT2D eigenvalue weighted by Crippen LogP contribution is -2.26. The van der Waals surface area contributed by atoms with Crippen molar-refractivity contribution in [3.05, 3.63) is 5.69 Å². The molecule has 8 heteroatoms. The van der Waals surface area contributed by atoms with Gasteiger partial charge in [0.05, 0.1) is 5.41 Å². The van der Waals surface area contributed by atoms with Gasteiger partial charge in [0.2, 0.25) is 5.91 Å². The minimum atomic E-state index is -1.03. The van der Waals surface area contributed by atoms with Gasteiger partial charge in [0.25, 0.3) is 0 Å². The van der Waals surface area contributed by atoms with E-state index in [1.165, 1.54) is 0 Å². The highest BCUT2D eigenvalue weighted by Crippen LogP contribution is 2.64. The highest BCUT2D eigenvalue weighted by atomic mass is 35.5. The van der Waals surface area contributed by atoms with Crippen molar-refractivity contribution >= 4 is 46.7 Å². The predicted octanol–water partition coefficient (Wildman–Crippen LogP) is 2.38. The topological polar surface area (TPSA) is 70.7 Å². The molecule has 1 unspecified atom stereocenters. The van der Waals surface area contributed by atoms with Crippen LogP contribution < -0.4 is 5.32 Å². The van der Waals surface area contributed by atoms with Gasteiger partial charge in [0, 0.05) is 12.3 Å². The van der Waals surface area contributed by atoms with Crippen molar-refractivity contribution in [2.24, 2.45) is 5.41 Å². The van der Waals surface area contributed by atoms with E-state index in [-0.39, 0.29) is 5.91 Å². The van der Waals surface area contributed by atoms with E-state index in [4.69, 9.17) is 23.2 Å². The number of hydrogen-bond acceptors (Lipinski definition) is 4. The van der Waals surface area contributed by atoms with E-state index in [1.54, 1.807) is 18.7 Å². The van der Waals surface area contributed by atoms with E-state index in [1.807, 2.05) is 4.57 Å². The number of nitrogens with one attached hydrogen (secondary N) is 1. The van der Waals surface area contributed by atoms with Gasteiger partial charge in [0.1, 0.15) is 10.4 Å². The molecule has 19 heavy (non-hydrogen) atoms. The van der Waals surface area contributed by atoms with Crippen LogP contribution in [0.2, 0.25) is 0 Å². The van der Waals surface area contributed by atoms with Gasteiger partial charge in [-0.25, -0.2) is 4.98 Å². The zero-order chi connectivity index (χ0) is 13.8. The second kappa shape index (κ2) is 4.05. The number of nitrogens with zero attached hydrogens (tertiary/aromatic N) is 3. The first-order valence-corrected chi connectivity index (χ1v) is 7.46. The molecule has 1 saturated carbocycles. The number of halogens is 2. The molecule has 3 rings (SSSR count). The molecule has 0 saturated heterocycles. The molecule has 1 N–H and O–H groups in total. The molecular weight excluding hydrogens is 307 g/mol. The highest BCUT2D eigenvalue weighted by molar-refractivity contribution is 7.99. The number of carbonyl (C=O) groups excluding carboxylic acids is 1. The largest absolute Gasteiger partial charge is 0.308 e. The number of thioether (sulfide) groups is 1. The highest BCUT2D eigenvalue weighted by Gasteiger charge is 2.68. The fourth-order valence-corrected chi connectivity index (χ4v) is 3.73. The van der Waals surface area contributed by atoms with E-state index < -0.39 is 9.75 Å². The van der Waals surface area contributed by atoms with Crippen molar-refractivity contribution in [3.8, 4) is 6.07 Å². The number of imidazole rings is 1. The molecule has 1 atom stereocenters. The molecule has 1 aliphatic carbocycles. The number of hydrogen-bond donors (Lipinski definition) is 1. The second-order valence-corrected chi connectivity index (χ2v) is 7.42. The van der Waals surface area contributed by atoms with Crippen LogP contribution in [-0.4, -0.2) is 25.5 Å². The fourth-order valence-electron chi connectivity index (χ4n) is 2.07. The Kier molecular flexibility index (Phi) is 2.79. The normalized spacial score (nSPS) is 26.6. The predicted molar refractivity (Wildman–Crippen MR) is 73.5 cm³/mol. The molecule has 100 valence electrons. The summed E-state index contributed by atoms with van der Waals surface area (Å²) in [6.45, 7) is 2.44. The van der Waals surface area contributed by atoms with Crippen LogP contribution in [0.3, 0.4) is 0 Å². The van der Waals surface area contributed by atoms with E-state index >= 15 is 0 Å². The first-order chi connectivity index (χ1) is 8.89. The summed E-state index contributed by atoms with van der Waals surface area (Å²) in [7, 11) is 0. The zero-order valence-corrected chi connectivity index (χ0v) is 12.4. The third kappa shape index (κ3) is 1.83. The molecule has 2 aliphatic rings. The van der Waals surface area contributed by atoms with E-state index in [0.29, 0.717) is 17.9 Å². The Balaban J connectivity index is 1.86. The molecule has 1 aromatic heterocycles. The Morgan fingerprint density at radius 2 is 2.32 bits per heavy atom. The standard InChI is InChI=1S/C11H10Cl2N4OS/c1-10(5-11(10,12)13)8(18)15-7-6(4-14)17-2-3-19-9(17)16-7/h2-3,5H2,1H3,(H,15,18). The zero-order valence-electron chi connectivity index (χ0n) is 10.0. The van der Waals surface area contributed by atoms with Gasteiger partial charge < -0.3 is 9.88 Å². The molecule has 0 bridgehead atoms. The summed E-state index contributed by atoms with van der Waals surface area (Å²) < 4.78 is 0.783. The number of anilines is 1. The minimum Gasteiger partial charge on any atom is -0.308 e. The first kappa shape index (κ1) is 13.1. The number of aromatic nitrogens is 2. The lowest BCUT2D eigenvalue weighted by molar-refractivity contribution is -0.120. The SMILES string of the molecule is CC1(C(=O)Nc2nc3n(c2C#N)CCS3)CC1(Cl)Cl. The molecule has 0 spiro atoms. The van der Waals surface area contributed by atoms with Crippen molar-refractivity contribution in [1.82, 2.24) is 9.55 Å². The third-order valence-electron chi connectivity index (χ3n) is 3.58. The van der Waals surface area contributed by atoms with E-state index in [0.717, 1.165) is 17.5 Å². The minimum absolute atomic E-state index is 0.296. The van der Waals surface area contributed by atoms with Crippen LogP contribution in [0.5, 0.6) is 0 Å². The molecular formula is C11H10Cl2N4OS. The monoisotopic (exact) mass is 316 g/mol. The van der Waals surface area contributed by atoms with Crippen LogP contribution in [0.25, 0.3) is 0 Å². The molecule has 1 amide bonds. The van der Waals surface area contributed by atoms with Crippen LogP contribution >= 0.6 is 35.0 Å². The number of fused-ring (bicyclic) bond motifs is 1. The van der Waals surface area contributed by atoms with Crippen molar-refractivity contribution < 1.29 is 4.79 Å². The van der Waals surface area contributed by atoms with Crippen LogP contribution in [0.15, 0.2) is 5.16 Å². The van der Waals surface area contributed by atoms with Crippen molar-refractivity contribution in [3.63, 3.8) is 0 Å². The Hall–Kier alpha value is -0.900. The second-order valence-electron chi connectivity index (χ2n) is 4.87. The quantitative estimate of drug-likeness (QED) is 0.850. The van der Waals surface area contributed by atoms with Gasteiger partial charge in [-0.2, -0.15) is 5.26 Å². The number of amides is 1. The lowest BCUT2D eigenvalue weighted by Gasteiger charge is -2.11. The van der Waals surface area contributed by atoms with Gasteiger partial charge >= 0.3 is 0 Å². The maximum absolute atomic E-state index is 12.2. The van der Waals surface area contributed by atoms with Crippen molar-refractivity contribution in [1.29, 1.82) is 5.26 Å².